The SMILES string of the molecule is O=C(c1cc(F)cc(F)c1)N1CCC(c2n[nH]c(=O)n2-c2ccccc2)CC1. The van der Waals surface area contributed by atoms with E-state index in [-0.39, 0.29) is 17.2 Å². The Labute approximate surface area is 159 Å². The predicted octanol–water partition coefficient (Wildman–Crippen LogP) is 2.86. The van der Waals surface area contributed by atoms with Crippen molar-refractivity contribution in [3.05, 3.63) is 82.0 Å². The van der Waals surface area contributed by atoms with Gasteiger partial charge in [-0.05, 0) is 37.1 Å². The standard InChI is InChI=1S/C20H18F2N4O2/c21-15-10-14(11-16(22)12-15)19(27)25-8-6-13(7-9-25)18-23-24-20(28)26(18)17-4-2-1-3-5-17/h1-5,10-13H,6-9H2,(H,24,28). The summed E-state index contributed by atoms with van der Waals surface area (Å²) in [6.07, 6.45) is 1.20. The van der Waals surface area contributed by atoms with Crippen LogP contribution in [0.2, 0.25) is 0 Å². The van der Waals surface area contributed by atoms with Crippen molar-refractivity contribution in [2.75, 3.05) is 13.1 Å². The van der Waals surface area contributed by atoms with E-state index in [0.29, 0.717) is 31.8 Å². The molecule has 0 atom stereocenters. The van der Waals surface area contributed by atoms with E-state index in [9.17, 15) is 18.4 Å². The number of amides is 1. The van der Waals surface area contributed by atoms with Gasteiger partial charge in [0.1, 0.15) is 17.5 Å². The Kier molecular flexibility index (Phi) is 4.77. The molecule has 4 rings (SSSR count). The van der Waals surface area contributed by atoms with Crippen LogP contribution in [0, 0.1) is 11.6 Å². The number of nitrogens with zero attached hydrogens (tertiary/aromatic N) is 3. The van der Waals surface area contributed by atoms with Crippen LogP contribution in [0.4, 0.5) is 8.78 Å². The number of carbonyl (C=O) groups excluding carboxylic acids is 1. The summed E-state index contributed by atoms with van der Waals surface area (Å²) in [5.74, 6) is -1.34. The summed E-state index contributed by atoms with van der Waals surface area (Å²) in [7, 11) is 0. The molecule has 2 aromatic carbocycles. The molecule has 144 valence electrons. The maximum atomic E-state index is 13.4. The van der Waals surface area contributed by atoms with E-state index in [2.05, 4.69) is 10.2 Å². The zero-order valence-corrected chi connectivity index (χ0v) is 14.9. The number of likely N-dealkylation sites (tertiary alicyclic amines) is 1. The van der Waals surface area contributed by atoms with Crippen molar-refractivity contribution in [1.29, 1.82) is 0 Å². The molecule has 3 aromatic rings. The first-order valence-corrected chi connectivity index (χ1v) is 9.01. The lowest BCUT2D eigenvalue weighted by molar-refractivity contribution is 0.0709. The van der Waals surface area contributed by atoms with E-state index >= 15 is 0 Å². The van der Waals surface area contributed by atoms with Crippen LogP contribution in [0.3, 0.4) is 0 Å². The van der Waals surface area contributed by atoms with Gasteiger partial charge in [0.15, 0.2) is 0 Å². The first-order valence-electron chi connectivity index (χ1n) is 9.01. The van der Waals surface area contributed by atoms with Gasteiger partial charge in [-0.1, -0.05) is 18.2 Å². The van der Waals surface area contributed by atoms with Gasteiger partial charge in [-0.15, -0.1) is 0 Å². The molecule has 1 aliphatic rings. The average molecular weight is 384 g/mol. The summed E-state index contributed by atoms with van der Waals surface area (Å²) in [4.78, 5) is 26.3. The van der Waals surface area contributed by atoms with Crippen molar-refractivity contribution < 1.29 is 13.6 Å². The zero-order valence-electron chi connectivity index (χ0n) is 14.9. The Morgan fingerprint density at radius 1 is 1.04 bits per heavy atom. The van der Waals surface area contributed by atoms with Gasteiger partial charge >= 0.3 is 5.69 Å². The average Bonchev–Trinajstić information content (AvgIpc) is 3.09. The molecule has 1 saturated heterocycles. The number of para-hydroxylation sites is 1. The largest absolute Gasteiger partial charge is 0.347 e. The zero-order chi connectivity index (χ0) is 19.7. The lowest BCUT2D eigenvalue weighted by Gasteiger charge is -2.31. The maximum absolute atomic E-state index is 13.4. The molecule has 1 aliphatic heterocycles. The number of hydrogen-bond acceptors (Lipinski definition) is 3. The number of rotatable bonds is 3. The molecule has 2 heterocycles. The fraction of sp³-hybridized carbons (Fsp3) is 0.250. The van der Waals surface area contributed by atoms with E-state index < -0.39 is 17.5 Å². The molecule has 1 N–H and O–H groups in total. The summed E-state index contributed by atoms with van der Waals surface area (Å²) in [6.45, 7) is 0.828. The molecule has 0 unspecified atom stereocenters. The van der Waals surface area contributed by atoms with Gasteiger partial charge in [0.05, 0.1) is 5.69 Å². The summed E-state index contributed by atoms with van der Waals surface area (Å²) >= 11 is 0. The molecular weight excluding hydrogens is 366 g/mol. The van der Waals surface area contributed by atoms with Crippen molar-refractivity contribution in [3.8, 4) is 5.69 Å². The van der Waals surface area contributed by atoms with Crippen LogP contribution in [0.25, 0.3) is 5.69 Å². The molecule has 0 bridgehead atoms. The number of piperidine rings is 1. The van der Waals surface area contributed by atoms with Crippen molar-refractivity contribution in [3.63, 3.8) is 0 Å². The molecule has 6 nitrogen and oxygen atoms in total. The summed E-state index contributed by atoms with van der Waals surface area (Å²) in [5.41, 5.74) is 0.414. The quantitative estimate of drug-likeness (QED) is 0.755. The number of hydrogen-bond donors (Lipinski definition) is 1. The topological polar surface area (TPSA) is 71.0 Å². The van der Waals surface area contributed by atoms with Gasteiger partial charge in [-0.25, -0.2) is 23.2 Å². The number of halogens is 2. The van der Waals surface area contributed by atoms with E-state index in [1.54, 1.807) is 9.47 Å². The van der Waals surface area contributed by atoms with Crippen molar-refractivity contribution in [2.45, 2.75) is 18.8 Å². The minimum atomic E-state index is -0.776. The van der Waals surface area contributed by atoms with Gasteiger partial charge in [0.25, 0.3) is 5.91 Å². The highest BCUT2D eigenvalue weighted by Gasteiger charge is 2.28. The van der Waals surface area contributed by atoms with Crippen molar-refractivity contribution in [1.82, 2.24) is 19.7 Å². The number of carbonyl (C=O) groups is 1. The second kappa shape index (κ2) is 7.38. The highest BCUT2D eigenvalue weighted by atomic mass is 19.1. The Hall–Kier alpha value is -3.29. The van der Waals surface area contributed by atoms with E-state index in [0.717, 1.165) is 23.9 Å². The van der Waals surface area contributed by atoms with Crippen molar-refractivity contribution >= 4 is 5.91 Å². The fourth-order valence-corrected chi connectivity index (χ4v) is 3.61. The molecule has 8 heteroatoms. The molecule has 0 saturated carbocycles. The van der Waals surface area contributed by atoms with Crippen LogP contribution in [-0.2, 0) is 0 Å². The minimum absolute atomic E-state index is 0.00286. The van der Waals surface area contributed by atoms with Gasteiger partial charge < -0.3 is 4.90 Å². The van der Waals surface area contributed by atoms with Crippen LogP contribution >= 0.6 is 0 Å². The Bertz CT molecular complexity index is 1030. The number of aromatic amines is 1. The number of H-pyrrole nitrogens is 1. The van der Waals surface area contributed by atoms with Crippen LogP contribution in [-0.4, -0.2) is 38.7 Å². The van der Waals surface area contributed by atoms with E-state index in [4.69, 9.17) is 0 Å². The Morgan fingerprint density at radius 2 is 1.68 bits per heavy atom. The maximum Gasteiger partial charge on any atom is 0.347 e. The Morgan fingerprint density at radius 3 is 2.32 bits per heavy atom. The first kappa shape index (κ1) is 18.1. The lowest BCUT2D eigenvalue weighted by Crippen LogP contribution is -2.38. The van der Waals surface area contributed by atoms with Crippen LogP contribution in [0.15, 0.2) is 53.3 Å². The molecule has 1 amide bonds. The number of nitrogens with one attached hydrogen (secondary N) is 1. The molecular formula is C20H18F2N4O2. The molecule has 1 aromatic heterocycles. The van der Waals surface area contributed by atoms with Crippen LogP contribution in [0.1, 0.15) is 34.9 Å². The van der Waals surface area contributed by atoms with Gasteiger partial charge in [0, 0.05) is 30.6 Å². The lowest BCUT2D eigenvalue weighted by atomic mass is 9.95. The third kappa shape index (κ3) is 3.45. The van der Waals surface area contributed by atoms with E-state index in [1.807, 2.05) is 30.3 Å². The summed E-state index contributed by atoms with van der Waals surface area (Å²) in [6, 6.07) is 12.0. The molecule has 1 fully saturated rings. The Balaban J connectivity index is 1.51. The third-order valence-corrected chi connectivity index (χ3v) is 4.97. The number of benzene rings is 2. The smallest absolute Gasteiger partial charge is 0.339 e. The predicted molar refractivity (Wildman–Crippen MR) is 98.4 cm³/mol. The van der Waals surface area contributed by atoms with Gasteiger partial charge in [0.2, 0.25) is 0 Å². The van der Waals surface area contributed by atoms with E-state index in [1.165, 1.54) is 0 Å². The third-order valence-electron chi connectivity index (χ3n) is 4.97. The minimum Gasteiger partial charge on any atom is -0.339 e. The molecule has 0 radical (unpaired) electrons. The molecule has 0 aliphatic carbocycles. The second-order valence-corrected chi connectivity index (χ2v) is 6.78. The summed E-state index contributed by atoms with van der Waals surface area (Å²) in [5, 5.41) is 6.69. The van der Waals surface area contributed by atoms with Gasteiger partial charge in [-0.2, -0.15) is 5.10 Å². The highest BCUT2D eigenvalue weighted by molar-refractivity contribution is 5.94. The number of aromatic nitrogens is 3. The van der Waals surface area contributed by atoms with Crippen molar-refractivity contribution in [2.24, 2.45) is 0 Å². The van der Waals surface area contributed by atoms with Gasteiger partial charge in [-0.3, -0.25) is 4.79 Å². The van der Waals surface area contributed by atoms with Crippen LogP contribution < -0.4 is 5.69 Å². The highest BCUT2D eigenvalue weighted by Crippen LogP contribution is 2.28. The van der Waals surface area contributed by atoms with Crippen LogP contribution in [0.5, 0.6) is 0 Å². The second-order valence-electron chi connectivity index (χ2n) is 6.78. The summed E-state index contributed by atoms with van der Waals surface area (Å²) < 4.78 is 28.3. The normalized spacial score (nSPS) is 15.0. The first-order chi connectivity index (χ1) is 13.5. The molecule has 28 heavy (non-hydrogen) atoms. The monoisotopic (exact) mass is 384 g/mol. The fourth-order valence-electron chi connectivity index (χ4n) is 3.61. The molecule has 0 spiro atoms.